The molecule has 0 aromatic carbocycles. The van der Waals surface area contributed by atoms with Gasteiger partial charge in [0, 0.05) is 12.8 Å². The van der Waals surface area contributed by atoms with E-state index in [0.29, 0.717) is 0 Å². The van der Waals surface area contributed by atoms with Gasteiger partial charge in [0.1, 0.15) is 12.2 Å². The second kappa shape index (κ2) is 31.4. The third kappa shape index (κ3) is 23.7. The highest BCUT2D eigenvalue weighted by Gasteiger charge is 2.46. The Hall–Kier alpha value is -1.20. The zero-order valence-electron chi connectivity index (χ0n) is 29.8. The van der Waals surface area contributed by atoms with Crippen LogP contribution in [0.1, 0.15) is 181 Å². The van der Waals surface area contributed by atoms with E-state index in [1.54, 1.807) is 0 Å². The minimum absolute atomic E-state index is 0.0969. The first kappa shape index (κ1) is 41.8. The summed E-state index contributed by atoms with van der Waals surface area (Å²) in [4.78, 5) is 0. The summed E-state index contributed by atoms with van der Waals surface area (Å²) in [5.74, 6) is -0.634. The number of aliphatic hydroxyl groups excluding tert-OH is 2. The predicted octanol–water partition coefficient (Wildman–Crippen LogP) is 11.9. The van der Waals surface area contributed by atoms with Crippen molar-refractivity contribution in [2.24, 2.45) is 0 Å². The lowest BCUT2D eigenvalue weighted by Gasteiger charge is -2.28. The summed E-state index contributed by atoms with van der Waals surface area (Å²) >= 11 is 0. The Kier molecular flexibility index (Phi) is 29.2. The van der Waals surface area contributed by atoms with Crippen molar-refractivity contribution in [3.63, 3.8) is 0 Å². The summed E-state index contributed by atoms with van der Waals surface area (Å²) in [5.41, 5.74) is 0. The van der Waals surface area contributed by atoms with Crippen molar-refractivity contribution in [2.75, 3.05) is 13.2 Å². The van der Waals surface area contributed by atoms with Crippen LogP contribution in [-0.2, 0) is 9.47 Å². The molecule has 1 aliphatic rings. The Morgan fingerprint density at radius 1 is 0.422 bits per heavy atom. The molecule has 4 heteroatoms. The van der Waals surface area contributed by atoms with Gasteiger partial charge in [-0.3, -0.25) is 0 Å². The largest absolute Gasteiger partial charge is 0.394 e. The zero-order valence-corrected chi connectivity index (χ0v) is 29.8. The predicted molar refractivity (Wildman–Crippen MR) is 195 cm³/mol. The number of ether oxygens (including phenoxy) is 2. The maximum atomic E-state index is 9.79. The van der Waals surface area contributed by atoms with E-state index in [1.165, 1.54) is 128 Å². The number of unbranched alkanes of at least 4 members (excludes halogenated alkanes) is 18. The van der Waals surface area contributed by atoms with Gasteiger partial charge in [-0.05, 0) is 77.0 Å². The second-order valence-corrected chi connectivity index (χ2v) is 13.3. The van der Waals surface area contributed by atoms with Gasteiger partial charge in [0.05, 0.1) is 13.2 Å². The van der Waals surface area contributed by atoms with Gasteiger partial charge >= 0.3 is 0 Å². The summed E-state index contributed by atoms with van der Waals surface area (Å²) < 4.78 is 12.6. The topological polar surface area (TPSA) is 58.9 Å². The quantitative estimate of drug-likeness (QED) is 0.0573. The minimum Gasteiger partial charge on any atom is -0.394 e. The van der Waals surface area contributed by atoms with Gasteiger partial charge in [-0.2, -0.15) is 0 Å². The summed E-state index contributed by atoms with van der Waals surface area (Å²) in [6, 6.07) is 0. The van der Waals surface area contributed by atoms with Crippen molar-refractivity contribution >= 4 is 0 Å². The van der Waals surface area contributed by atoms with Crippen molar-refractivity contribution in [2.45, 2.75) is 199 Å². The number of aliphatic hydroxyl groups is 2. The molecular formula is C41H74O4. The summed E-state index contributed by atoms with van der Waals surface area (Å²) in [6.07, 6.45) is 49.1. The van der Waals surface area contributed by atoms with Crippen LogP contribution in [0.15, 0.2) is 48.6 Å². The van der Waals surface area contributed by atoms with E-state index in [1.807, 2.05) is 0 Å². The Morgan fingerprint density at radius 3 is 1.07 bits per heavy atom. The van der Waals surface area contributed by atoms with E-state index in [-0.39, 0.29) is 13.2 Å². The average Bonchev–Trinajstić information content (AvgIpc) is 3.42. The second-order valence-electron chi connectivity index (χ2n) is 13.3. The van der Waals surface area contributed by atoms with E-state index in [2.05, 4.69) is 62.5 Å². The first-order valence-corrected chi connectivity index (χ1v) is 19.4. The molecule has 0 spiro atoms. The lowest BCUT2D eigenvalue weighted by atomic mass is 9.98. The molecule has 1 rings (SSSR count). The molecule has 262 valence electrons. The van der Waals surface area contributed by atoms with Crippen LogP contribution in [0, 0.1) is 0 Å². The maximum Gasteiger partial charge on any atom is 0.169 e. The lowest BCUT2D eigenvalue weighted by molar-refractivity contribution is -0.190. The first-order valence-electron chi connectivity index (χ1n) is 19.4. The van der Waals surface area contributed by atoms with E-state index < -0.39 is 18.0 Å². The molecule has 1 heterocycles. The standard InChI is InChI=1S/C41H74O4/c1-3-5-7-9-11-13-15-17-19-21-23-25-27-29-31-33-35-41(44-39(37-42)40(38-43)45-41)36-34-32-30-28-26-24-22-20-18-16-14-12-10-8-6-4-2/h11-14,17-20,39-40,42-43H,3-10,15-16,21-38H2,1-2H3/b13-11-,14-12-,19-17-,20-18-. The molecular weight excluding hydrogens is 556 g/mol. The minimum atomic E-state index is -0.634. The van der Waals surface area contributed by atoms with Crippen LogP contribution < -0.4 is 0 Å². The molecule has 1 fully saturated rings. The number of hydrogen-bond acceptors (Lipinski definition) is 4. The maximum absolute atomic E-state index is 9.79. The lowest BCUT2D eigenvalue weighted by Crippen LogP contribution is -2.31. The van der Waals surface area contributed by atoms with E-state index in [9.17, 15) is 10.2 Å². The van der Waals surface area contributed by atoms with Gasteiger partial charge in [0.15, 0.2) is 5.79 Å². The molecule has 45 heavy (non-hydrogen) atoms. The van der Waals surface area contributed by atoms with Gasteiger partial charge in [0.25, 0.3) is 0 Å². The number of rotatable bonds is 32. The molecule has 0 aromatic heterocycles. The fourth-order valence-corrected chi connectivity index (χ4v) is 6.17. The monoisotopic (exact) mass is 631 g/mol. The molecule has 2 unspecified atom stereocenters. The van der Waals surface area contributed by atoms with Crippen LogP contribution >= 0.6 is 0 Å². The summed E-state index contributed by atoms with van der Waals surface area (Å²) in [7, 11) is 0. The molecule has 1 aliphatic heterocycles. The van der Waals surface area contributed by atoms with Crippen molar-refractivity contribution < 1.29 is 19.7 Å². The highest BCUT2D eigenvalue weighted by atomic mass is 16.8. The highest BCUT2D eigenvalue weighted by molar-refractivity contribution is 4.93. The van der Waals surface area contributed by atoms with E-state index in [4.69, 9.17) is 9.47 Å². The van der Waals surface area contributed by atoms with E-state index >= 15 is 0 Å². The van der Waals surface area contributed by atoms with Gasteiger partial charge in [0.2, 0.25) is 0 Å². The van der Waals surface area contributed by atoms with E-state index in [0.717, 1.165) is 38.5 Å². The highest BCUT2D eigenvalue weighted by Crippen LogP contribution is 2.37. The Morgan fingerprint density at radius 2 is 0.733 bits per heavy atom. The zero-order chi connectivity index (χ0) is 32.5. The molecule has 1 saturated heterocycles. The molecule has 0 aliphatic carbocycles. The third-order valence-corrected chi connectivity index (χ3v) is 9.02. The van der Waals surface area contributed by atoms with Crippen molar-refractivity contribution in [3.8, 4) is 0 Å². The van der Waals surface area contributed by atoms with Crippen LogP contribution in [0.2, 0.25) is 0 Å². The molecule has 0 saturated carbocycles. The van der Waals surface area contributed by atoms with Crippen molar-refractivity contribution in [3.05, 3.63) is 48.6 Å². The van der Waals surface area contributed by atoms with Gasteiger partial charge in [-0.15, -0.1) is 0 Å². The molecule has 0 bridgehead atoms. The smallest absolute Gasteiger partial charge is 0.169 e. The van der Waals surface area contributed by atoms with Crippen LogP contribution in [0.4, 0.5) is 0 Å². The molecule has 0 aromatic rings. The van der Waals surface area contributed by atoms with Crippen molar-refractivity contribution in [1.82, 2.24) is 0 Å². The number of hydrogen-bond donors (Lipinski definition) is 2. The third-order valence-electron chi connectivity index (χ3n) is 9.02. The van der Waals surface area contributed by atoms with Crippen LogP contribution in [0.25, 0.3) is 0 Å². The van der Waals surface area contributed by atoms with Gasteiger partial charge in [-0.1, -0.05) is 140 Å². The number of allylic oxidation sites excluding steroid dienone is 8. The molecule has 0 amide bonds. The average molecular weight is 631 g/mol. The molecule has 0 radical (unpaired) electrons. The fourth-order valence-electron chi connectivity index (χ4n) is 6.17. The fraction of sp³-hybridized carbons (Fsp3) is 0.805. The Bertz CT molecular complexity index is 678. The van der Waals surface area contributed by atoms with Gasteiger partial charge < -0.3 is 19.7 Å². The SMILES string of the molecule is CCCCC/C=C\C/C=C\CCCCCCCCC1(CCCCCCCC/C=C\C/C=C\CCCCC)OC(CO)C(CO)O1. The van der Waals surface area contributed by atoms with Crippen LogP contribution in [0.5, 0.6) is 0 Å². The molecule has 2 N–H and O–H groups in total. The summed E-state index contributed by atoms with van der Waals surface area (Å²) in [6.45, 7) is 4.32. The first-order chi connectivity index (χ1) is 22.2. The normalized spacial score (nSPS) is 18.6. The summed E-state index contributed by atoms with van der Waals surface area (Å²) in [5, 5.41) is 19.6. The molecule has 4 nitrogen and oxygen atoms in total. The molecule has 2 atom stereocenters. The van der Waals surface area contributed by atoms with Crippen LogP contribution in [-0.4, -0.2) is 41.4 Å². The Labute approximate surface area is 279 Å². The van der Waals surface area contributed by atoms with Crippen molar-refractivity contribution in [1.29, 1.82) is 0 Å². The van der Waals surface area contributed by atoms with Crippen LogP contribution in [0.3, 0.4) is 0 Å². The van der Waals surface area contributed by atoms with Gasteiger partial charge in [-0.25, -0.2) is 0 Å². The Balaban J connectivity index is 2.15.